The summed E-state index contributed by atoms with van der Waals surface area (Å²) < 4.78 is 0. The number of allylic oxidation sites excluding steroid dienone is 2. The zero-order valence-corrected chi connectivity index (χ0v) is 11.2. The second kappa shape index (κ2) is 2.85. The molecule has 3 aliphatic carbocycles. The third-order valence-electron chi connectivity index (χ3n) is 6.15. The Kier molecular flexibility index (Phi) is 1.92. The highest BCUT2D eigenvalue weighted by molar-refractivity contribution is 5.99. The fourth-order valence-electron chi connectivity index (χ4n) is 5.47. The highest BCUT2D eigenvalue weighted by atomic mass is 16.3. The van der Waals surface area contributed by atoms with Gasteiger partial charge in [0.25, 0.3) is 0 Å². The standard InChI is InChI=1S/C15H22O2/c1-9-10(16)7-11-13(2,3)8-14(4)12(17)5-6-15(9,11)14/h5-6,9-11,16H,7-8H2,1-4H3. The first kappa shape index (κ1) is 11.5. The van der Waals surface area contributed by atoms with E-state index in [1.165, 1.54) is 0 Å². The highest BCUT2D eigenvalue weighted by Crippen LogP contribution is 2.74. The molecule has 3 rings (SSSR count). The van der Waals surface area contributed by atoms with E-state index < -0.39 is 0 Å². The van der Waals surface area contributed by atoms with E-state index in [1.807, 2.05) is 0 Å². The number of aliphatic hydroxyl groups excluding tert-OH is 1. The van der Waals surface area contributed by atoms with Crippen LogP contribution in [0.5, 0.6) is 0 Å². The summed E-state index contributed by atoms with van der Waals surface area (Å²) in [6.07, 6.45) is 5.45. The Morgan fingerprint density at radius 3 is 2.65 bits per heavy atom. The summed E-state index contributed by atoms with van der Waals surface area (Å²) in [5.41, 5.74) is -0.216. The Morgan fingerprint density at radius 2 is 2.00 bits per heavy atom. The molecule has 0 amide bonds. The van der Waals surface area contributed by atoms with Crippen LogP contribution in [-0.2, 0) is 4.79 Å². The van der Waals surface area contributed by atoms with Gasteiger partial charge in [-0.1, -0.05) is 33.8 Å². The van der Waals surface area contributed by atoms with E-state index in [2.05, 4.69) is 33.8 Å². The maximum Gasteiger partial charge on any atom is 0.162 e. The Labute approximate surface area is 103 Å². The fraction of sp³-hybridized carbons (Fsp3) is 0.800. The molecule has 0 saturated heterocycles. The van der Waals surface area contributed by atoms with Gasteiger partial charge in [0.15, 0.2) is 5.78 Å². The first-order valence-corrected chi connectivity index (χ1v) is 6.67. The minimum atomic E-state index is -0.280. The molecule has 2 saturated carbocycles. The molecule has 1 spiro atoms. The summed E-state index contributed by atoms with van der Waals surface area (Å²) in [6.45, 7) is 8.75. The second-order valence-electron chi connectivity index (χ2n) is 7.27. The van der Waals surface area contributed by atoms with Gasteiger partial charge in [0.1, 0.15) is 0 Å². The van der Waals surface area contributed by atoms with Gasteiger partial charge in [-0.15, -0.1) is 0 Å². The van der Waals surface area contributed by atoms with Gasteiger partial charge in [0.05, 0.1) is 6.10 Å². The number of aliphatic hydroxyl groups is 1. The molecule has 0 aromatic rings. The van der Waals surface area contributed by atoms with Crippen molar-refractivity contribution in [3.8, 4) is 0 Å². The van der Waals surface area contributed by atoms with E-state index in [9.17, 15) is 9.90 Å². The molecule has 3 aliphatic rings. The zero-order valence-electron chi connectivity index (χ0n) is 11.2. The van der Waals surface area contributed by atoms with E-state index in [0.29, 0.717) is 5.92 Å². The lowest BCUT2D eigenvalue weighted by molar-refractivity contribution is -0.127. The van der Waals surface area contributed by atoms with Gasteiger partial charge in [-0.25, -0.2) is 0 Å². The summed E-state index contributed by atoms with van der Waals surface area (Å²) in [5.74, 6) is 0.906. The summed E-state index contributed by atoms with van der Waals surface area (Å²) in [7, 11) is 0. The normalized spacial score (nSPS) is 55.1. The van der Waals surface area contributed by atoms with E-state index in [-0.39, 0.29) is 34.1 Å². The zero-order chi connectivity index (χ0) is 12.6. The Morgan fingerprint density at radius 1 is 1.35 bits per heavy atom. The average molecular weight is 234 g/mol. The van der Waals surface area contributed by atoms with Crippen LogP contribution in [0.25, 0.3) is 0 Å². The van der Waals surface area contributed by atoms with Crippen LogP contribution in [0.3, 0.4) is 0 Å². The van der Waals surface area contributed by atoms with Gasteiger partial charge < -0.3 is 5.11 Å². The smallest absolute Gasteiger partial charge is 0.162 e. The van der Waals surface area contributed by atoms with Crippen molar-refractivity contribution in [2.45, 2.75) is 46.6 Å². The van der Waals surface area contributed by atoms with E-state index in [4.69, 9.17) is 0 Å². The average Bonchev–Trinajstić information content (AvgIpc) is 2.68. The predicted molar refractivity (Wildman–Crippen MR) is 66.4 cm³/mol. The third kappa shape index (κ3) is 1.00. The van der Waals surface area contributed by atoms with Crippen LogP contribution in [0.4, 0.5) is 0 Å². The molecule has 0 aliphatic heterocycles. The number of carbonyl (C=O) groups is 1. The van der Waals surface area contributed by atoms with Gasteiger partial charge in [0.2, 0.25) is 0 Å². The molecular weight excluding hydrogens is 212 g/mol. The topological polar surface area (TPSA) is 37.3 Å². The van der Waals surface area contributed by atoms with Gasteiger partial charge in [-0.05, 0) is 36.2 Å². The lowest BCUT2D eigenvalue weighted by atomic mass is 9.61. The summed E-state index contributed by atoms with van der Waals surface area (Å²) >= 11 is 0. The van der Waals surface area contributed by atoms with E-state index in [0.717, 1.165) is 12.8 Å². The molecule has 0 heterocycles. The quantitative estimate of drug-likeness (QED) is 0.699. The van der Waals surface area contributed by atoms with Crippen molar-refractivity contribution in [3.63, 3.8) is 0 Å². The Bertz CT molecular complexity index is 423. The van der Waals surface area contributed by atoms with Gasteiger partial charge in [-0.3, -0.25) is 4.79 Å². The van der Waals surface area contributed by atoms with Crippen LogP contribution >= 0.6 is 0 Å². The van der Waals surface area contributed by atoms with E-state index in [1.54, 1.807) is 6.08 Å². The molecule has 0 radical (unpaired) electrons. The molecule has 0 bridgehead atoms. The molecule has 0 aromatic heterocycles. The first-order valence-electron chi connectivity index (χ1n) is 6.67. The highest BCUT2D eigenvalue weighted by Gasteiger charge is 2.72. The van der Waals surface area contributed by atoms with Crippen molar-refractivity contribution < 1.29 is 9.90 Å². The van der Waals surface area contributed by atoms with Crippen LogP contribution in [-0.4, -0.2) is 17.0 Å². The SMILES string of the molecule is CC1C(O)CC2C(C)(C)CC3(C)C(=O)C=CC123. The minimum absolute atomic E-state index is 0.0903. The number of hydrogen-bond donors (Lipinski definition) is 1. The third-order valence-corrected chi connectivity index (χ3v) is 6.15. The van der Waals surface area contributed by atoms with E-state index >= 15 is 0 Å². The van der Waals surface area contributed by atoms with Crippen LogP contribution in [0, 0.1) is 28.1 Å². The van der Waals surface area contributed by atoms with Crippen molar-refractivity contribution in [2.24, 2.45) is 28.1 Å². The summed E-state index contributed by atoms with van der Waals surface area (Å²) in [4.78, 5) is 12.3. The van der Waals surface area contributed by atoms with Crippen LogP contribution in [0.1, 0.15) is 40.5 Å². The maximum atomic E-state index is 12.3. The Balaban J connectivity index is 2.22. The predicted octanol–water partition coefficient (Wildman–Crippen LogP) is 2.56. The maximum absolute atomic E-state index is 12.3. The Hall–Kier alpha value is -0.630. The van der Waals surface area contributed by atoms with Gasteiger partial charge >= 0.3 is 0 Å². The number of ketones is 1. The fourth-order valence-corrected chi connectivity index (χ4v) is 5.47. The summed E-state index contributed by atoms with van der Waals surface area (Å²) in [5, 5.41) is 10.2. The second-order valence-corrected chi connectivity index (χ2v) is 7.27. The number of rotatable bonds is 0. The van der Waals surface area contributed by atoms with Crippen molar-refractivity contribution in [3.05, 3.63) is 12.2 Å². The minimum Gasteiger partial charge on any atom is -0.393 e. The molecule has 1 N–H and O–H groups in total. The van der Waals surface area contributed by atoms with Crippen LogP contribution in [0.15, 0.2) is 12.2 Å². The summed E-state index contributed by atoms with van der Waals surface area (Å²) in [6, 6.07) is 0. The van der Waals surface area contributed by atoms with Crippen molar-refractivity contribution in [1.29, 1.82) is 0 Å². The van der Waals surface area contributed by atoms with Crippen LogP contribution in [0.2, 0.25) is 0 Å². The molecule has 17 heavy (non-hydrogen) atoms. The van der Waals surface area contributed by atoms with Gasteiger partial charge in [0, 0.05) is 10.8 Å². The van der Waals surface area contributed by atoms with Crippen molar-refractivity contribution in [1.82, 2.24) is 0 Å². The number of carbonyl (C=O) groups excluding carboxylic acids is 1. The molecule has 0 aromatic carbocycles. The molecule has 2 nitrogen and oxygen atoms in total. The molecule has 94 valence electrons. The number of hydrogen-bond acceptors (Lipinski definition) is 2. The largest absolute Gasteiger partial charge is 0.393 e. The van der Waals surface area contributed by atoms with Crippen LogP contribution < -0.4 is 0 Å². The lowest BCUT2D eigenvalue weighted by Gasteiger charge is -2.40. The lowest BCUT2D eigenvalue weighted by Crippen LogP contribution is -2.42. The van der Waals surface area contributed by atoms with Crippen molar-refractivity contribution >= 4 is 5.78 Å². The molecule has 5 unspecified atom stereocenters. The van der Waals surface area contributed by atoms with Crippen molar-refractivity contribution in [2.75, 3.05) is 0 Å². The molecular formula is C15H22O2. The molecule has 2 heteroatoms. The molecule has 2 fully saturated rings. The monoisotopic (exact) mass is 234 g/mol. The first-order chi connectivity index (χ1) is 7.76. The van der Waals surface area contributed by atoms with Gasteiger partial charge in [-0.2, -0.15) is 0 Å². The molecule has 5 atom stereocenters.